The molecule has 1 aromatic rings. The van der Waals surface area contributed by atoms with Gasteiger partial charge in [0, 0.05) is 38.3 Å². The van der Waals surface area contributed by atoms with Crippen molar-refractivity contribution in [1.82, 2.24) is 10.6 Å². The summed E-state index contributed by atoms with van der Waals surface area (Å²) < 4.78 is 0. The molecule has 2 fully saturated rings. The Balaban J connectivity index is 1.87. The quantitative estimate of drug-likeness (QED) is 0.794. The first-order valence-electron chi connectivity index (χ1n) is 7.55. The Hall–Kier alpha value is -1.88. The molecule has 0 spiro atoms. The van der Waals surface area contributed by atoms with Gasteiger partial charge in [-0.15, -0.1) is 0 Å². The van der Waals surface area contributed by atoms with Crippen molar-refractivity contribution < 1.29 is 9.59 Å². The molecule has 5 heteroatoms. The minimum absolute atomic E-state index is 0.160. The van der Waals surface area contributed by atoms with Crippen molar-refractivity contribution in [3.63, 3.8) is 0 Å². The highest BCUT2D eigenvalue weighted by molar-refractivity contribution is 6.01. The van der Waals surface area contributed by atoms with E-state index in [-0.39, 0.29) is 17.7 Å². The van der Waals surface area contributed by atoms with Crippen molar-refractivity contribution in [3.05, 3.63) is 29.3 Å². The average Bonchev–Trinajstić information content (AvgIpc) is 2.49. The summed E-state index contributed by atoms with van der Waals surface area (Å²) in [6.45, 7) is 5.97. The zero-order chi connectivity index (χ0) is 14.8. The van der Waals surface area contributed by atoms with Crippen LogP contribution in [-0.2, 0) is 9.59 Å². The van der Waals surface area contributed by atoms with Gasteiger partial charge in [0.1, 0.15) is 0 Å². The lowest BCUT2D eigenvalue weighted by Crippen LogP contribution is -2.43. The van der Waals surface area contributed by atoms with Crippen molar-refractivity contribution in [2.24, 2.45) is 0 Å². The number of rotatable bonds is 2. The van der Waals surface area contributed by atoms with Gasteiger partial charge in [0.2, 0.25) is 11.8 Å². The maximum atomic E-state index is 12.1. The number of hydrogen-bond donors (Lipinski definition) is 2. The lowest BCUT2D eigenvalue weighted by atomic mass is 9.87. The van der Waals surface area contributed by atoms with Crippen LogP contribution in [0.15, 0.2) is 18.2 Å². The van der Waals surface area contributed by atoms with Gasteiger partial charge in [-0.3, -0.25) is 14.9 Å². The zero-order valence-corrected chi connectivity index (χ0v) is 12.3. The second-order valence-corrected chi connectivity index (χ2v) is 5.78. The molecule has 5 nitrogen and oxygen atoms in total. The van der Waals surface area contributed by atoms with Crippen LogP contribution in [0, 0.1) is 6.92 Å². The van der Waals surface area contributed by atoms with Crippen LogP contribution >= 0.6 is 0 Å². The molecule has 2 heterocycles. The van der Waals surface area contributed by atoms with Crippen LogP contribution in [0.4, 0.5) is 5.69 Å². The molecule has 0 aliphatic carbocycles. The van der Waals surface area contributed by atoms with Gasteiger partial charge in [-0.2, -0.15) is 0 Å². The molecule has 2 amide bonds. The van der Waals surface area contributed by atoms with Crippen molar-refractivity contribution in [3.8, 4) is 0 Å². The molecule has 0 aromatic heterocycles. The third kappa shape index (κ3) is 2.93. The fourth-order valence-electron chi connectivity index (χ4n) is 3.11. The maximum Gasteiger partial charge on any atom is 0.234 e. The summed E-state index contributed by atoms with van der Waals surface area (Å²) >= 11 is 0. The molecule has 2 aliphatic rings. The van der Waals surface area contributed by atoms with Crippen molar-refractivity contribution in [2.45, 2.75) is 25.7 Å². The van der Waals surface area contributed by atoms with Gasteiger partial charge in [0.05, 0.1) is 5.92 Å². The Morgan fingerprint density at radius 3 is 2.67 bits per heavy atom. The predicted octanol–water partition coefficient (Wildman–Crippen LogP) is 0.925. The fraction of sp³-hybridized carbons (Fsp3) is 0.500. The zero-order valence-electron chi connectivity index (χ0n) is 12.3. The number of nitrogens with zero attached hydrogens (tertiary/aromatic N) is 1. The summed E-state index contributed by atoms with van der Waals surface area (Å²) in [5.41, 5.74) is 3.33. The summed E-state index contributed by atoms with van der Waals surface area (Å²) in [4.78, 5) is 25.7. The number of hydrogen-bond acceptors (Lipinski definition) is 4. The maximum absolute atomic E-state index is 12.1. The number of imide groups is 1. The molecule has 3 rings (SSSR count). The highest BCUT2D eigenvalue weighted by atomic mass is 16.2. The Morgan fingerprint density at radius 1 is 1.19 bits per heavy atom. The molecule has 2 saturated heterocycles. The number of piperidine rings is 1. The predicted molar refractivity (Wildman–Crippen MR) is 81.4 cm³/mol. The topological polar surface area (TPSA) is 61.4 Å². The monoisotopic (exact) mass is 287 g/mol. The summed E-state index contributed by atoms with van der Waals surface area (Å²) in [5, 5.41) is 5.80. The Kier molecular flexibility index (Phi) is 3.92. The van der Waals surface area contributed by atoms with E-state index in [9.17, 15) is 9.59 Å². The second-order valence-electron chi connectivity index (χ2n) is 5.78. The van der Waals surface area contributed by atoms with Crippen LogP contribution in [-0.4, -0.2) is 38.0 Å². The summed E-state index contributed by atoms with van der Waals surface area (Å²) in [7, 11) is 0. The lowest BCUT2D eigenvalue weighted by Gasteiger charge is -2.31. The lowest BCUT2D eigenvalue weighted by molar-refractivity contribution is -0.134. The van der Waals surface area contributed by atoms with E-state index in [1.54, 1.807) is 0 Å². The third-order valence-electron chi connectivity index (χ3n) is 4.36. The number of carbonyl (C=O) groups excluding carboxylic acids is 2. The van der Waals surface area contributed by atoms with E-state index in [1.807, 2.05) is 6.92 Å². The summed E-state index contributed by atoms with van der Waals surface area (Å²) in [5.74, 6) is -0.524. The van der Waals surface area contributed by atoms with Crippen LogP contribution in [0.5, 0.6) is 0 Å². The van der Waals surface area contributed by atoms with Gasteiger partial charge in [0.15, 0.2) is 0 Å². The molecular formula is C16H21N3O2. The van der Waals surface area contributed by atoms with Gasteiger partial charge in [0.25, 0.3) is 0 Å². The Labute approximate surface area is 124 Å². The van der Waals surface area contributed by atoms with E-state index in [0.717, 1.165) is 37.3 Å². The number of piperazine rings is 1. The summed E-state index contributed by atoms with van der Waals surface area (Å²) in [6, 6.07) is 6.33. The molecule has 0 bridgehead atoms. The molecule has 2 aliphatic heterocycles. The molecular weight excluding hydrogens is 266 g/mol. The number of amides is 2. The minimum atomic E-state index is -0.203. The van der Waals surface area contributed by atoms with Gasteiger partial charge in [-0.25, -0.2) is 0 Å². The van der Waals surface area contributed by atoms with Crippen LogP contribution in [0.2, 0.25) is 0 Å². The van der Waals surface area contributed by atoms with Crippen molar-refractivity contribution >= 4 is 17.5 Å². The van der Waals surface area contributed by atoms with Crippen LogP contribution in [0.25, 0.3) is 0 Å². The molecule has 1 aromatic carbocycles. The Bertz CT molecular complexity index is 565. The third-order valence-corrected chi connectivity index (χ3v) is 4.36. The molecule has 112 valence electrons. The SMILES string of the molecule is Cc1ccc(N2CCNCC2)cc1C1CCC(=O)NC1=O. The van der Waals surface area contributed by atoms with E-state index in [2.05, 4.69) is 33.7 Å². The van der Waals surface area contributed by atoms with Crippen LogP contribution < -0.4 is 15.5 Å². The first kappa shape index (κ1) is 14.1. The smallest absolute Gasteiger partial charge is 0.234 e. The number of anilines is 1. The highest BCUT2D eigenvalue weighted by Gasteiger charge is 2.29. The first-order chi connectivity index (χ1) is 10.1. The largest absolute Gasteiger partial charge is 0.369 e. The fourth-order valence-corrected chi connectivity index (χ4v) is 3.11. The van der Waals surface area contributed by atoms with E-state index in [0.29, 0.717) is 12.8 Å². The summed E-state index contributed by atoms with van der Waals surface area (Å²) in [6.07, 6.45) is 1.03. The number of benzene rings is 1. The van der Waals surface area contributed by atoms with E-state index < -0.39 is 0 Å². The van der Waals surface area contributed by atoms with E-state index in [1.165, 1.54) is 5.69 Å². The van der Waals surface area contributed by atoms with Gasteiger partial charge < -0.3 is 10.2 Å². The van der Waals surface area contributed by atoms with Crippen molar-refractivity contribution in [1.29, 1.82) is 0 Å². The number of carbonyl (C=O) groups is 2. The Morgan fingerprint density at radius 2 is 1.95 bits per heavy atom. The average molecular weight is 287 g/mol. The molecule has 2 N–H and O–H groups in total. The van der Waals surface area contributed by atoms with Crippen LogP contribution in [0.3, 0.4) is 0 Å². The number of aryl methyl sites for hydroxylation is 1. The molecule has 0 radical (unpaired) electrons. The molecule has 1 unspecified atom stereocenters. The van der Waals surface area contributed by atoms with Gasteiger partial charge >= 0.3 is 0 Å². The molecule has 21 heavy (non-hydrogen) atoms. The van der Waals surface area contributed by atoms with E-state index >= 15 is 0 Å². The van der Waals surface area contributed by atoms with Gasteiger partial charge in [-0.1, -0.05) is 6.07 Å². The first-order valence-corrected chi connectivity index (χ1v) is 7.55. The second kappa shape index (κ2) is 5.85. The standard InChI is InChI=1S/C16H21N3O2/c1-11-2-3-12(19-8-6-17-7-9-19)10-14(11)13-4-5-15(20)18-16(13)21/h2-3,10,13,17H,4-9H2,1H3,(H,18,20,21). The van der Waals surface area contributed by atoms with Gasteiger partial charge in [-0.05, 0) is 36.6 Å². The number of nitrogens with one attached hydrogen (secondary N) is 2. The molecule has 1 atom stereocenters. The highest BCUT2D eigenvalue weighted by Crippen LogP contribution is 2.30. The molecule has 0 saturated carbocycles. The minimum Gasteiger partial charge on any atom is -0.369 e. The van der Waals surface area contributed by atoms with Crippen molar-refractivity contribution in [2.75, 3.05) is 31.1 Å². The normalized spacial score (nSPS) is 23.1. The van der Waals surface area contributed by atoms with E-state index in [4.69, 9.17) is 0 Å². The van der Waals surface area contributed by atoms with Crippen LogP contribution in [0.1, 0.15) is 29.9 Å².